The Morgan fingerprint density at radius 3 is 2.65 bits per heavy atom. The summed E-state index contributed by atoms with van der Waals surface area (Å²) in [6, 6.07) is 8.22. The molecule has 2 N–H and O–H groups in total. The molecule has 0 radical (unpaired) electrons. The van der Waals surface area contributed by atoms with Gasteiger partial charge in [0.05, 0.1) is 0 Å². The first-order valence-corrected chi connectivity index (χ1v) is 5.98. The molecular formula is C14H18N2O. The predicted octanol–water partition coefficient (Wildman–Crippen LogP) is 3.61. The fourth-order valence-electron chi connectivity index (χ4n) is 2.11. The topological polar surface area (TPSA) is 52.0 Å². The number of aryl methyl sites for hydroxylation is 1. The van der Waals surface area contributed by atoms with E-state index in [2.05, 4.69) is 38.1 Å². The zero-order valence-electron chi connectivity index (χ0n) is 10.5. The highest BCUT2D eigenvalue weighted by Gasteiger charge is 2.19. The van der Waals surface area contributed by atoms with Crippen LogP contribution in [0.25, 0.3) is 11.3 Å². The molecule has 3 heteroatoms. The molecule has 0 aliphatic rings. The lowest BCUT2D eigenvalue weighted by molar-refractivity contribution is 0.434. The van der Waals surface area contributed by atoms with Crippen LogP contribution in [-0.2, 0) is 6.42 Å². The van der Waals surface area contributed by atoms with Gasteiger partial charge in [-0.3, -0.25) is 0 Å². The van der Waals surface area contributed by atoms with Crippen LogP contribution in [0.4, 0.5) is 5.82 Å². The number of rotatable bonds is 3. The number of benzene rings is 1. The van der Waals surface area contributed by atoms with Crippen LogP contribution in [0.3, 0.4) is 0 Å². The minimum atomic E-state index is 0.307. The van der Waals surface area contributed by atoms with Gasteiger partial charge in [-0.15, -0.1) is 0 Å². The maximum Gasteiger partial charge on any atom is 0.172 e. The molecule has 0 aliphatic carbocycles. The summed E-state index contributed by atoms with van der Waals surface area (Å²) in [5, 5.41) is 3.89. The van der Waals surface area contributed by atoms with Crippen LogP contribution < -0.4 is 5.73 Å². The van der Waals surface area contributed by atoms with Crippen LogP contribution in [-0.4, -0.2) is 5.16 Å². The molecule has 1 heterocycles. The number of nitrogens with zero attached hydrogens (tertiary/aromatic N) is 1. The van der Waals surface area contributed by atoms with Crippen molar-refractivity contribution in [1.29, 1.82) is 0 Å². The molecular weight excluding hydrogens is 212 g/mol. The highest BCUT2D eigenvalue weighted by atomic mass is 16.5. The van der Waals surface area contributed by atoms with E-state index in [0.717, 1.165) is 23.3 Å². The number of anilines is 1. The molecule has 17 heavy (non-hydrogen) atoms. The van der Waals surface area contributed by atoms with Crippen LogP contribution in [0.2, 0.25) is 0 Å². The fraction of sp³-hybridized carbons (Fsp3) is 0.357. The molecule has 0 atom stereocenters. The molecule has 0 unspecified atom stereocenters. The maximum atomic E-state index is 5.87. The van der Waals surface area contributed by atoms with Crippen LogP contribution in [0.1, 0.15) is 37.8 Å². The molecule has 0 bridgehead atoms. The van der Waals surface area contributed by atoms with Gasteiger partial charge < -0.3 is 10.3 Å². The molecule has 0 amide bonds. The van der Waals surface area contributed by atoms with Gasteiger partial charge in [-0.2, -0.15) is 0 Å². The largest absolute Gasteiger partial charge is 0.381 e. The zero-order valence-corrected chi connectivity index (χ0v) is 10.5. The second-order valence-electron chi connectivity index (χ2n) is 4.48. The Hall–Kier alpha value is -1.77. The van der Waals surface area contributed by atoms with Gasteiger partial charge in [0.15, 0.2) is 11.6 Å². The summed E-state index contributed by atoms with van der Waals surface area (Å²) in [6.45, 7) is 6.33. The highest BCUT2D eigenvalue weighted by molar-refractivity contribution is 5.69. The van der Waals surface area contributed by atoms with Gasteiger partial charge in [0.1, 0.15) is 0 Å². The lowest BCUT2D eigenvalue weighted by Gasteiger charge is -2.08. The van der Waals surface area contributed by atoms with E-state index in [-0.39, 0.29) is 0 Å². The Morgan fingerprint density at radius 1 is 1.29 bits per heavy atom. The molecule has 2 rings (SSSR count). The Labute approximate surface area is 102 Å². The lowest BCUT2D eigenvalue weighted by Crippen LogP contribution is -1.96. The van der Waals surface area contributed by atoms with E-state index in [0.29, 0.717) is 11.7 Å². The van der Waals surface area contributed by atoms with Gasteiger partial charge >= 0.3 is 0 Å². The first-order valence-electron chi connectivity index (χ1n) is 5.98. The summed E-state index contributed by atoms with van der Waals surface area (Å²) in [5.74, 6) is 1.62. The predicted molar refractivity (Wildman–Crippen MR) is 69.8 cm³/mol. The van der Waals surface area contributed by atoms with Crippen molar-refractivity contribution in [3.05, 3.63) is 35.4 Å². The summed E-state index contributed by atoms with van der Waals surface area (Å²) >= 11 is 0. The summed E-state index contributed by atoms with van der Waals surface area (Å²) in [4.78, 5) is 0. The lowest BCUT2D eigenvalue weighted by atomic mass is 9.95. The summed E-state index contributed by atoms with van der Waals surface area (Å²) in [5.41, 5.74) is 9.23. The van der Waals surface area contributed by atoms with Crippen molar-refractivity contribution in [3.63, 3.8) is 0 Å². The molecule has 2 aromatic rings. The number of hydrogen-bond acceptors (Lipinski definition) is 3. The monoisotopic (exact) mass is 230 g/mol. The van der Waals surface area contributed by atoms with E-state index < -0.39 is 0 Å². The van der Waals surface area contributed by atoms with Crippen molar-refractivity contribution >= 4 is 5.82 Å². The number of nitrogen functional groups attached to an aromatic ring is 1. The van der Waals surface area contributed by atoms with Crippen molar-refractivity contribution in [3.8, 4) is 11.3 Å². The second kappa shape index (κ2) is 4.62. The standard InChI is InChI=1S/C14H18N2O/c1-4-10-7-5-6-8-11(10)13-12(9(2)3)14(15)16-17-13/h5-9H,4H2,1-3H3,(H2,15,16). The van der Waals surface area contributed by atoms with Gasteiger partial charge in [-0.1, -0.05) is 50.2 Å². The summed E-state index contributed by atoms with van der Waals surface area (Å²) in [6.07, 6.45) is 0.967. The third-order valence-corrected chi connectivity index (χ3v) is 2.98. The van der Waals surface area contributed by atoms with Gasteiger partial charge in [-0.05, 0) is 17.9 Å². The molecule has 3 nitrogen and oxygen atoms in total. The summed E-state index contributed by atoms with van der Waals surface area (Å²) < 4.78 is 5.41. The Bertz CT molecular complexity index is 515. The van der Waals surface area contributed by atoms with Crippen LogP contribution in [0.5, 0.6) is 0 Å². The first-order chi connectivity index (χ1) is 8.15. The molecule has 90 valence electrons. The quantitative estimate of drug-likeness (QED) is 0.876. The number of nitrogens with two attached hydrogens (primary N) is 1. The molecule has 0 saturated carbocycles. The van der Waals surface area contributed by atoms with Gasteiger partial charge in [0, 0.05) is 11.1 Å². The fourth-order valence-corrected chi connectivity index (χ4v) is 2.11. The van der Waals surface area contributed by atoms with E-state index in [1.165, 1.54) is 5.56 Å². The molecule has 1 aromatic carbocycles. The van der Waals surface area contributed by atoms with Crippen molar-refractivity contribution in [2.75, 3.05) is 5.73 Å². The SMILES string of the molecule is CCc1ccccc1-c1onc(N)c1C(C)C. The van der Waals surface area contributed by atoms with Crippen molar-refractivity contribution in [1.82, 2.24) is 5.16 Å². The number of aromatic nitrogens is 1. The van der Waals surface area contributed by atoms with Crippen molar-refractivity contribution in [2.45, 2.75) is 33.1 Å². The average Bonchev–Trinajstić information content (AvgIpc) is 2.71. The first kappa shape index (κ1) is 11.7. The van der Waals surface area contributed by atoms with Crippen molar-refractivity contribution in [2.24, 2.45) is 0 Å². The van der Waals surface area contributed by atoms with E-state index >= 15 is 0 Å². The van der Waals surface area contributed by atoms with E-state index in [9.17, 15) is 0 Å². The van der Waals surface area contributed by atoms with E-state index in [1.54, 1.807) is 0 Å². The van der Waals surface area contributed by atoms with Crippen LogP contribution in [0.15, 0.2) is 28.8 Å². The second-order valence-corrected chi connectivity index (χ2v) is 4.48. The molecule has 1 aromatic heterocycles. The summed E-state index contributed by atoms with van der Waals surface area (Å²) in [7, 11) is 0. The smallest absolute Gasteiger partial charge is 0.172 e. The minimum absolute atomic E-state index is 0.307. The third kappa shape index (κ3) is 2.05. The molecule has 0 spiro atoms. The van der Waals surface area contributed by atoms with Crippen LogP contribution >= 0.6 is 0 Å². The van der Waals surface area contributed by atoms with E-state index in [4.69, 9.17) is 10.3 Å². The zero-order chi connectivity index (χ0) is 12.4. The van der Waals surface area contributed by atoms with Gasteiger partial charge in [0.2, 0.25) is 0 Å². The Morgan fingerprint density at radius 2 is 2.00 bits per heavy atom. The molecule has 0 aliphatic heterocycles. The third-order valence-electron chi connectivity index (χ3n) is 2.98. The Balaban J connectivity index is 2.60. The highest BCUT2D eigenvalue weighted by Crippen LogP contribution is 2.35. The van der Waals surface area contributed by atoms with Gasteiger partial charge in [0.25, 0.3) is 0 Å². The minimum Gasteiger partial charge on any atom is -0.381 e. The maximum absolute atomic E-state index is 5.87. The average molecular weight is 230 g/mol. The van der Waals surface area contributed by atoms with Crippen LogP contribution in [0, 0.1) is 0 Å². The van der Waals surface area contributed by atoms with Crippen molar-refractivity contribution < 1.29 is 4.52 Å². The number of hydrogen-bond donors (Lipinski definition) is 1. The Kier molecular flexibility index (Phi) is 3.18. The normalized spacial score (nSPS) is 11.1. The molecule has 0 saturated heterocycles. The van der Waals surface area contributed by atoms with Gasteiger partial charge in [-0.25, -0.2) is 0 Å². The van der Waals surface area contributed by atoms with E-state index in [1.807, 2.05) is 12.1 Å². The molecule has 0 fully saturated rings.